The molecule has 0 aromatic heterocycles. The van der Waals surface area contributed by atoms with Gasteiger partial charge in [-0.25, -0.2) is 13.1 Å². The first-order valence-corrected chi connectivity index (χ1v) is 6.96. The van der Waals surface area contributed by atoms with Crippen LogP contribution in [0.3, 0.4) is 0 Å². The van der Waals surface area contributed by atoms with E-state index in [0.29, 0.717) is 17.9 Å². The standard InChI is InChI=1S/C12H18NO2S/c1-3-5-9-13-16(14,15)12-8-6-7-11(4-2)10-12/h6-8,10,13H,2-5,9H2,1H3. The summed E-state index contributed by atoms with van der Waals surface area (Å²) in [5, 5.41) is 0. The lowest BCUT2D eigenvalue weighted by molar-refractivity contribution is 0.578. The van der Waals surface area contributed by atoms with Crippen molar-refractivity contribution in [2.45, 2.75) is 31.1 Å². The first kappa shape index (κ1) is 13.2. The molecule has 1 aromatic rings. The zero-order valence-electron chi connectivity index (χ0n) is 9.57. The summed E-state index contributed by atoms with van der Waals surface area (Å²) in [6.45, 7) is 6.26. The highest BCUT2D eigenvalue weighted by Gasteiger charge is 2.12. The first-order chi connectivity index (χ1) is 7.60. The van der Waals surface area contributed by atoms with Crippen molar-refractivity contribution in [1.29, 1.82) is 0 Å². The number of benzene rings is 1. The van der Waals surface area contributed by atoms with Gasteiger partial charge >= 0.3 is 0 Å². The largest absolute Gasteiger partial charge is 0.240 e. The minimum Gasteiger partial charge on any atom is -0.211 e. The second-order valence-electron chi connectivity index (χ2n) is 3.65. The highest BCUT2D eigenvalue weighted by molar-refractivity contribution is 7.89. The van der Waals surface area contributed by atoms with Crippen molar-refractivity contribution >= 4 is 10.0 Å². The van der Waals surface area contributed by atoms with Crippen molar-refractivity contribution in [2.75, 3.05) is 6.54 Å². The lowest BCUT2D eigenvalue weighted by Crippen LogP contribution is -2.24. The summed E-state index contributed by atoms with van der Waals surface area (Å²) in [7, 11) is -3.34. The molecule has 0 spiro atoms. The van der Waals surface area contributed by atoms with E-state index in [0.717, 1.165) is 18.4 Å². The summed E-state index contributed by atoms with van der Waals surface area (Å²) in [5.41, 5.74) is 0.929. The van der Waals surface area contributed by atoms with Crippen LogP contribution >= 0.6 is 0 Å². The van der Waals surface area contributed by atoms with Gasteiger partial charge in [-0.1, -0.05) is 25.5 Å². The number of unbranched alkanes of at least 4 members (excludes halogenated alkanes) is 1. The Balaban J connectivity index is 2.81. The number of rotatable bonds is 6. The van der Waals surface area contributed by atoms with Gasteiger partial charge in [-0.3, -0.25) is 0 Å². The van der Waals surface area contributed by atoms with Crippen molar-refractivity contribution in [3.05, 3.63) is 36.8 Å². The van der Waals surface area contributed by atoms with Crippen LogP contribution in [0.5, 0.6) is 0 Å². The van der Waals surface area contributed by atoms with Gasteiger partial charge in [-0.05, 0) is 37.5 Å². The van der Waals surface area contributed by atoms with Crippen molar-refractivity contribution in [1.82, 2.24) is 4.72 Å². The fourth-order valence-corrected chi connectivity index (χ4v) is 2.48. The molecule has 0 unspecified atom stereocenters. The van der Waals surface area contributed by atoms with Crippen LogP contribution in [0.2, 0.25) is 0 Å². The third kappa shape index (κ3) is 3.61. The normalized spacial score (nSPS) is 11.6. The second-order valence-corrected chi connectivity index (χ2v) is 5.42. The fraction of sp³-hybridized carbons (Fsp3) is 0.417. The Kier molecular flexibility index (Phi) is 4.96. The van der Waals surface area contributed by atoms with E-state index in [4.69, 9.17) is 0 Å². The van der Waals surface area contributed by atoms with E-state index in [1.807, 2.05) is 13.0 Å². The number of hydrogen-bond acceptors (Lipinski definition) is 2. The van der Waals surface area contributed by atoms with Gasteiger partial charge in [0.2, 0.25) is 10.0 Å². The smallest absolute Gasteiger partial charge is 0.211 e. The quantitative estimate of drug-likeness (QED) is 0.774. The monoisotopic (exact) mass is 240 g/mol. The van der Waals surface area contributed by atoms with E-state index in [1.54, 1.807) is 18.2 Å². The highest BCUT2D eigenvalue weighted by atomic mass is 32.2. The summed E-state index contributed by atoms with van der Waals surface area (Å²) < 4.78 is 26.3. The van der Waals surface area contributed by atoms with E-state index in [-0.39, 0.29) is 0 Å². The summed E-state index contributed by atoms with van der Waals surface area (Å²) in [6, 6.07) is 6.89. The van der Waals surface area contributed by atoms with E-state index >= 15 is 0 Å². The molecule has 0 atom stereocenters. The first-order valence-electron chi connectivity index (χ1n) is 5.48. The van der Waals surface area contributed by atoms with Crippen molar-refractivity contribution in [2.24, 2.45) is 0 Å². The maximum atomic E-state index is 11.8. The Hall–Kier alpha value is -0.870. The molecule has 0 aliphatic heterocycles. The minimum atomic E-state index is -3.34. The lowest BCUT2D eigenvalue weighted by Gasteiger charge is -2.07. The molecule has 1 N–H and O–H groups in total. The molecule has 1 aromatic carbocycles. The molecular weight excluding hydrogens is 222 g/mol. The molecule has 0 aliphatic carbocycles. The van der Waals surface area contributed by atoms with Gasteiger partial charge in [-0.15, -0.1) is 0 Å². The summed E-state index contributed by atoms with van der Waals surface area (Å²) in [4.78, 5) is 0.324. The van der Waals surface area contributed by atoms with E-state index in [9.17, 15) is 8.42 Å². The molecule has 1 rings (SSSR count). The second kappa shape index (κ2) is 6.01. The van der Waals surface area contributed by atoms with Gasteiger partial charge in [0.1, 0.15) is 0 Å². The third-order valence-corrected chi connectivity index (χ3v) is 3.78. The molecular formula is C12H18NO2S. The zero-order valence-corrected chi connectivity index (χ0v) is 10.4. The number of sulfonamides is 1. The summed E-state index contributed by atoms with van der Waals surface area (Å²) in [6.07, 6.45) is 2.42. The molecule has 89 valence electrons. The van der Waals surface area contributed by atoms with Crippen LogP contribution in [0.15, 0.2) is 29.2 Å². The number of nitrogens with one attached hydrogen (secondary N) is 1. The Morgan fingerprint density at radius 3 is 2.75 bits per heavy atom. The molecule has 0 fully saturated rings. The third-order valence-electron chi connectivity index (χ3n) is 2.32. The predicted octanol–water partition coefficient (Wildman–Crippen LogP) is 2.14. The summed E-state index contributed by atoms with van der Waals surface area (Å²) in [5.74, 6) is 0. The SMILES string of the molecule is [CH2]Cc1cccc(S(=O)(=O)NCCCC)c1. The van der Waals surface area contributed by atoms with Gasteiger partial charge in [0.05, 0.1) is 4.90 Å². The van der Waals surface area contributed by atoms with Crippen molar-refractivity contribution < 1.29 is 8.42 Å². The van der Waals surface area contributed by atoms with Gasteiger partial charge in [0, 0.05) is 6.54 Å². The molecule has 3 nitrogen and oxygen atoms in total. The average Bonchev–Trinajstić information content (AvgIpc) is 2.29. The predicted molar refractivity (Wildman–Crippen MR) is 65.6 cm³/mol. The van der Waals surface area contributed by atoms with Gasteiger partial charge < -0.3 is 0 Å². The van der Waals surface area contributed by atoms with Crippen LogP contribution in [0, 0.1) is 6.92 Å². The molecule has 0 amide bonds. The lowest BCUT2D eigenvalue weighted by atomic mass is 10.2. The molecule has 4 heteroatoms. The maximum absolute atomic E-state index is 11.8. The molecule has 16 heavy (non-hydrogen) atoms. The minimum absolute atomic E-state index is 0.324. The van der Waals surface area contributed by atoms with Crippen molar-refractivity contribution in [3.8, 4) is 0 Å². The maximum Gasteiger partial charge on any atom is 0.240 e. The van der Waals surface area contributed by atoms with Crippen LogP contribution in [0.4, 0.5) is 0 Å². The van der Waals surface area contributed by atoms with Crippen LogP contribution in [0.1, 0.15) is 25.3 Å². The Morgan fingerprint density at radius 1 is 1.38 bits per heavy atom. The molecule has 0 saturated carbocycles. The van der Waals surface area contributed by atoms with Gasteiger partial charge in [0.15, 0.2) is 0 Å². The van der Waals surface area contributed by atoms with Gasteiger partial charge in [-0.2, -0.15) is 0 Å². The molecule has 0 saturated heterocycles. The van der Waals surface area contributed by atoms with Crippen LogP contribution in [-0.2, 0) is 16.4 Å². The topological polar surface area (TPSA) is 46.2 Å². The Morgan fingerprint density at radius 2 is 2.12 bits per heavy atom. The Bertz CT molecular complexity index is 426. The fourth-order valence-electron chi connectivity index (χ4n) is 1.33. The van der Waals surface area contributed by atoms with Crippen molar-refractivity contribution in [3.63, 3.8) is 0 Å². The van der Waals surface area contributed by atoms with E-state index in [2.05, 4.69) is 11.6 Å². The van der Waals surface area contributed by atoms with Crippen LogP contribution in [0.25, 0.3) is 0 Å². The van der Waals surface area contributed by atoms with Crippen LogP contribution < -0.4 is 4.72 Å². The zero-order chi connectivity index (χ0) is 12.0. The van der Waals surface area contributed by atoms with Gasteiger partial charge in [0.25, 0.3) is 0 Å². The molecule has 0 aliphatic rings. The van der Waals surface area contributed by atoms with Crippen LogP contribution in [-0.4, -0.2) is 15.0 Å². The average molecular weight is 240 g/mol. The van der Waals surface area contributed by atoms with E-state index < -0.39 is 10.0 Å². The summed E-state index contributed by atoms with van der Waals surface area (Å²) >= 11 is 0. The number of hydrogen-bond donors (Lipinski definition) is 1. The molecule has 0 heterocycles. The molecule has 1 radical (unpaired) electrons. The Labute approximate surface area is 97.9 Å². The van der Waals surface area contributed by atoms with E-state index in [1.165, 1.54) is 0 Å². The highest BCUT2D eigenvalue weighted by Crippen LogP contribution is 2.11. The molecule has 0 bridgehead atoms.